The first-order valence-corrected chi connectivity index (χ1v) is 5.03. The quantitative estimate of drug-likeness (QED) is 0.816. The molecule has 0 aliphatic carbocycles. The monoisotopic (exact) mass is 234 g/mol. The molecule has 0 radical (unpaired) electrons. The van der Waals surface area contributed by atoms with Crippen LogP contribution in [-0.4, -0.2) is 18.3 Å². The predicted octanol–water partition coefficient (Wildman–Crippen LogP) is 3.01. The van der Waals surface area contributed by atoms with Gasteiger partial charge in [-0.25, -0.2) is 0 Å². The average molecular weight is 235 g/mol. The molecule has 0 aliphatic heterocycles. The third-order valence-electron chi connectivity index (χ3n) is 1.91. The van der Waals surface area contributed by atoms with E-state index >= 15 is 0 Å². The molecule has 0 spiro atoms. The van der Waals surface area contributed by atoms with E-state index in [0.29, 0.717) is 16.3 Å². The predicted molar refractivity (Wildman–Crippen MR) is 58.3 cm³/mol. The number of aliphatic hydroxyl groups is 1. The Labute approximate surface area is 93.4 Å². The van der Waals surface area contributed by atoms with Crippen LogP contribution in [0.3, 0.4) is 0 Å². The van der Waals surface area contributed by atoms with E-state index in [0.717, 1.165) is 0 Å². The second kappa shape index (κ2) is 4.87. The Bertz CT molecular complexity index is 313. The van der Waals surface area contributed by atoms with Crippen molar-refractivity contribution < 1.29 is 9.84 Å². The summed E-state index contributed by atoms with van der Waals surface area (Å²) >= 11 is 11.8. The topological polar surface area (TPSA) is 29.5 Å². The van der Waals surface area contributed by atoms with E-state index in [1.165, 1.54) is 0 Å². The van der Waals surface area contributed by atoms with Crippen molar-refractivity contribution in [1.29, 1.82) is 0 Å². The molecule has 78 valence electrons. The molecule has 14 heavy (non-hydrogen) atoms. The lowest BCUT2D eigenvalue weighted by Gasteiger charge is -2.16. The zero-order chi connectivity index (χ0) is 10.7. The number of aliphatic hydroxyl groups excluding tert-OH is 1. The molecule has 1 aromatic rings. The van der Waals surface area contributed by atoms with Crippen molar-refractivity contribution in [3.05, 3.63) is 28.8 Å². The summed E-state index contributed by atoms with van der Waals surface area (Å²) in [6.45, 7) is 1.62. The standard InChI is InChI=1S/C10H12Cl2O2/c1-6(13)10(12)8-5-7(11)3-4-9(8)14-2/h3-6,10,13H,1-2H3. The van der Waals surface area contributed by atoms with Gasteiger partial charge >= 0.3 is 0 Å². The molecule has 0 aliphatic rings. The summed E-state index contributed by atoms with van der Waals surface area (Å²) in [6, 6.07) is 5.15. The average Bonchev–Trinajstić information content (AvgIpc) is 2.16. The summed E-state index contributed by atoms with van der Waals surface area (Å²) in [7, 11) is 1.55. The van der Waals surface area contributed by atoms with E-state index in [1.807, 2.05) is 0 Å². The number of methoxy groups -OCH3 is 1. The Morgan fingerprint density at radius 2 is 2.07 bits per heavy atom. The van der Waals surface area contributed by atoms with Gasteiger partial charge in [-0.2, -0.15) is 0 Å². The minimum absolute atomic E-state index is 0.511. The Hall–Kier alpha value is -0.440. The van der Waals surface area contributed by atoms with Crippen molar-refractivity contribution in [3.8, 4) is 5.75 Å². The maximum Gasteiger partial charge on any atom is 0.123 e. The van der Waals surface area contributed by atoms with E-state index in [4.69, 9.17) is 27.9 Å². The number of benzene rings is 1. The molecule has 0 heterocycles. The smallest absolute Gasteiger partial charge is 0.123 e. The maximum absolute atomic E-state index is 9.35. The van der Waals surface area contributed by atoms with Crippen molar-refractivity contribution in [2.75, 3.05) is 7.11 Å². The van der Waals surface area contributed by atoms with E-state index in [1.54, 1.807) is 32.2 Å². The zero-order valence-electron chi connectivity index (χ0n) is 8.00. The van der Waals surface area contributed by atoms with Crippen LogP contribution in [0, 0.1) is 0 Å². The molecule has 1 N–H and O–H groups in total. The molecule has 2 atom stereocenters. The van der Waals surface area contributed by atoms with E-state index in [-0.39, 0.29) is 0 Å². The number of alkyl halides is 1. The largest absolute Gasteiger partial charge is 0.496 e. The van der Waals surface area contributed by atoms with Crippen LogP contribution in [0.15, 0.2) is 18.2 Å². The lowest BCUT2D eigenvalue weighted by atomic mass is 10.1. The van der Waals surface area contributed by atoms with Gasteiger partial charge in [0.25, 0.3) is 0 Å². The van der Waals surface area contributed by atoms with Crippen molar-refractivity contribution in [2.45, 2.75) is 18.4 Å². The molecule has 0 amide bonds. The van der Waals surface area contributed by atoms with Gasteiger partial charge in [0, 0.05) is 10.6 Å². The zero-order valence-corrected chi connectivity index (χ0v) is 9.51. The molecule has 2 unspecified atom stereocenters. The lowest BCUT2D eigenvalue weighted by molar-refractivity contribution is 0.188. The highest BCUT2D eigenvalue weighted by Crippen LogP contribution is 2.33. The molecule has 1 aromatic carbocycles. The Morgan fingerprint density at radius 3 is 2.57 bits per heavy atom. The van der Waals surface area contributed by atoms with Crippen LogP contribution in [0.4, 0.5) is 0 Å². The maximum atomic E-state index is 9.35. The fourth-order valence-corrected chi connectivity index (χ4v) is 1.53. The number of halogens is 2. The SMILES string of the molecule is COc1ccc(Cl)cc1C(Cl)C(C)O. The normalized spacial score (nSPS) is 14.9. The van der Waals surface area contributed by atoms with Gasteiger partial charge in [0.2, 0.25) is 0 Å². The summed E-state index contributed by atoms with van der Waals surface area (Å²) < 4.78 is 5.12. The van der Waals surface area contributed by atoms with E-state index < -0.39 is 11.5 Å². The van der Waals surface area contributed by atoms with Gasteiger partial charge in [0.1, 0.15) is 5.75 Å². The van der Waals surface area contributed by atoms with Crippen LogP contribution in [0.5, 0.6) is 5.75 Å². The fourth-order valence-electron chi connectivity index (χ4n) is 1.18. The van der Waals surface area contributed by atoms with Gasteiger partial charge in [-0.15, -0.1) is 11.6 Å². The van der Waals surface area contributed by atoms with Crippen LogP contribution in [0.1, 0.15) is 17.9 Å². The van der Waals surface area contributed by atoms with Gasteiger partial charge in [-0.05, 0) is 25.1 Å². The number of rotatable bonds is 3. The molecular formula is C10H12Cl2O2. The molecule has 0 bridgehead atoms. The van der Waals surface area contributed by atoms with Crippen molar-refractivity contribution in [3.63, 3.8) is 0 Å². The van der Waals surface area contributed by atoms with Crippen molar-refractivity contribution in [1.82, 2.24) is 0 Å². The van der Waals surface area contributed by atoms with Crippen molar-refractivity contribution >= 4 is 23.2 Å². The third kappa shape index (κ3) is 2.53. The molecule has 4 heteroatoms. The minimum atomic E-state index is -0.649. The van der Waals surface area contributed by atoms with Gasteiger partial charge in [0.05, 0.1) is 18.6 Å². The molecular weight excluding hydrogens is 223 g/mol. The van der Waals surface area contributed by atoms with E-state index in [9.17, 15) is 5.11 Å². The van der Waals surface area contributed by atoms with Crippen LogP contribution < -0.4 is 4.74 Å². The first kappa shape index (κ1) is 11.6. The van der Waals surface area contributed by atoms with Gasteiger partial charge in [-0.3, -0.25) is 0 Å². The summed E-state index contributed by atoms with van der Waals surface area (Å²) in [5, 5.41) is 9.42. The third-order valence-corrected chi connectivity index (χ3v) is 2.75. The van der Waals surface area contributed by atoms with Crippen LogP contribution in [0.2, 0.25) is 5.02 Å². The second-order valence-electron chi connectivity index (χ2n) is 3.03. The molecule has 2 nitrogen and oxygen atoms in total. The second-order valence-corrected chi connectivity index (χ2v) is 3.94. The first-order chi connectivity index (χ1) is 6.56. The summed E-state index contributed by atoms with van der Waals surface area (Å²) in [6.07, 6.45) is -0.649. The van der Waals surface area contributed by atoms with Gasteiger partial charge in [-0.1, -0.05) is 11.6 Å². The summed E-state index contributed by atoms with van der Waals surface area (Å²) in [5.74, 6) is 0.635. The van der Waals surface area contributed by atoms with Crippen LogP contribution >= 0.6 is 23.2 Å². The lowest BCUT2D eigenvalue weighted by Crippen LogP contribution is -2.09. The van der Waals surface area contributed by atoms with Crippen LogP contribution in [-0.2, 0) is 0 Å². The highest BCUT2D eigenvalue weighted by molar-refractivity contribution is 6.31. The Morgan fingerprint density at radius 1 is 1.43 bits per heavy atom. The Kier molecular flexibility index (Phi) is 4.05. The summed E-state index contributed by atoms with van der Waals surface area (Å²) in [4.78, 5) is 0. The molecule has 0 fully saturated rings. The Balaban J connectivity index is 3.10. The van der Waals surface area contributed by atoms with Crippen molar-refractivity contribution in [2.24, 2.45) is 0 Å². The highest BCUT2D eigenvalue weighted by Gasteiger charge is 2.18. The minimum Gasteiger partial charge on any atom is -0.496 e. The molecule has 0 aromatic heterocycles. The van der Waals surface area contributed by atoms with Gasteiger partial charge < -0.3 is 9.84 Å². The molecule has 0 saturated heterocycles. The molecule has 0 saturated carbocycles. The molecule has 1 rings (SSSR count). The summed E-state index contributed by atoms with van der Waals surface area (Å²) in [5.41, 5.74) is 0.705. The number of ether oxygens (including phenoxy) is 1. The number of hydrogen-bond donors (Lipinski definition) is 1. The van der Waals surface area contributed by atoms with Crippen LogP contribution in [0.25, 0.3) is 0 Å². The fraction of sp³-hybridized carbons (Fsp3) is 0.400. The van der Waals surface area contributed by atoms with Gasteiger partial charge in [0.15, 0.2) is 0 Å². The number of hydrogen-bond acceptors (Lipinski definition) is 2. The highest BCUT2D eigenvalue weighted by atomic mass is 35.5. The van der Waals surface area contributed by atoms with E-state index in [2.05, 4.69) is 0 Å². The first-order valence-electron chi connectivity index (χ1n) is 4.22.